The van der Waals surface area contributed by atoms with Crippen molar-refractivity contribution in [1.82, 2.24) is 5.32 Å². The second-order valence-electron chi connectivity index (χ2n) is 3.51. The van der Waals surface area contributed by atoms with E-state index in [0.717, 1.165) is 0 Å². The fraction of sp³-hybridized carbons (Fsp3) is 0.364. The van der Waals surface area contributed by atoms with Crippen LogP contribution >= 0.6 is 11.6 Å². The molecule has 3 N–H and O–H groups in total. The molecule has 0 aromatic heterocycles. The Labute approximate surface area is 109 Å². The van der Waals surface area contributed by atoms with E-state index in [2.05, 4.69) is 10.6 Å². The van der Waals surface area contributed by atoms with Crippen LogP contribution in [0.2, 0.25) is 5.02 Å². The monoisotopic (exact) mass is 272 g/mol. The van der Waals surface area contributed by atoms with Gasteiger partial charge in [0.1, 0.15) is 5.69 Å². The molecule has 0 fully saturated rings. The highest BCUT2D eigenvalue weighted by Gasteiger charge is 2.23. The molecular formula is C11H15ClN3O3+. The summed E-state index contributed by atoms with van der Waals surface area (Å²) in [5.41, 5.74) is 0.459. The Bertz CT molecular complexity index is 477. The topological polar surface area (TPSA) is 81.4 Å². The molecule has 0 unspecified atom stereocenters. The third-order valence-electron chi connectivity index (χ3n) is 2.24. The third-order valence-corrected chi connectivity index (χ3v) is 2.55. The zero-order chi connectivity index (χ0) is 13.7. The minimum absolute atomic E-state index is 0.0532. The van der Waals surface area contributed by atoms with Crippen LogP contribution in [0.3, 0.4) is 0 Å². The number of carbonyl (C=O) groups excluding carboxylic acids is 1. The number of rotatable bonds is 5. The van der Waals surface area contributed by atoms with E-state index in [-0.39, 0.29) is 21.2 Å². The van der Waals surface area contributed by atoms with Crippen LogP contribution < -0.4 is 10.6 Å². The van der Waals surface area contributed by atoms with Gasteiger partial charge < -0.3 is 10.6 Å². The van der Waals surface area contributed by atoms with Crippen molar-refractivity contribution in [3.05, 3.63) is 27.6 Å². The average molecular weight is 273 g/mol. The molecular weight excluding hydrogens is 258 g/mol. The van der Waals surface area contributed by atoms with Gasteiger partial charge in [-0.15, -0.1) is 0 Å². The predicted octanol–water partition coefficient (Wildman–Crippen LogP) is 2.32. The van der Waals surface area contributed by atoms with Crippen LogP contribution in [-0.2, 0) is 0 Å². The number of hydrogen-bond acceptors (Lipinski definition) is 3. The van der Waals surface area contributed by atoms with Gasteiger partial charge in [0.2, 0.25) is 0 Å². The van der Waals surface area contributed by atoms with Crippen molar-refractivity contribution >= 4 is 28.9 Å². The Morgan fingerprint density at radius 2 is 2.06 bits per heavy atom. The zero-order valence-corrected chi connectivity index (χ0v) is 10.9. The number of anilines is 1. The van der Waals surface area contributed by atoms with Gasteiger partial charge in [-0.2, -0.15) is 0 Å². The molecule has 0 saturated carbocycles. The fourth-order valence-corrected chi connectivity index (χ4v) is 1.73. The molecule has 0 aliphatic heterocycles. The molecule has 1 aromatic rings. The van der Waals surface area contributed by atoms with Gasteiger partial charge in [-0.3, -0.25) is 4.79 Å². The molecule has 0 aliphatic rings. The van der Waals surface area contributed by atoms with Gasteiger partial charge in [0.15, 0.2) is 0 Å². The smallest absolute Gasteiger partial charge is 0.340 e. The molecule has 98 valence electrons. The van der Waals surface area contributed by atoms with Crippen molar-refractivity contribution in [3.63, 3.8) is 0 Å². The molecule has 6 nitrogen and oxygen atoms in total. The quantitative estimate of drug-likeness (QED) is 0.719. The van der Waals surface area contributed by atoms with Crippen molar-refractivity contribution in [2.45, 2.75) is 13.8 Å². The number of halogens is 1. The Kier molecular flexibility index (Phi) is 4.91. The van der Waals surface area contributed by atoms with E-state index < -0.39 is 5.91 Å². The van der Waals surface area contributed by atoms with E-state index >= 15 is 0 Å². The van der Waals surface area contributed by atoms with Gasteiger partial charge in [-0.1, -0.05) is 11.6 Å². The maximum absolute atomic E-state index is 11.7. The number of nitrogens with zero attached hydrogens (tertiary/aromatic N) is 1. The summed E-state index contributed by atoms with van der Waals surface area (Å²) in [6, 6.07) is 2.68. The summed E-state index contributed by atoms with van der Waals surface area (Å²) in [7, 11) is 0. The summed E-state index contributed by atoms with van der Waals surface area (Å²) in [5.74, 6) is -0.395. The summed E-state index contributed by atoms with van der Waals surface area (Å²) < 4.78 is 0. The summed E-state index contributed by atoms with van der Waals surface area (Å²) in [4.78, 5) is 22.4. The summed E-state index contributed by atoms with van der Waals surface area (Å²) in [6.07, 6.45) is 0. The van der Waals surface area contributed by atoms with Crippen LogP contribution in [0.25, 0.3) is 0 Å². The minimum Gasteiger partial charge on any atom is -0.380 e. The number of nitrogens with one attached hydrogen (secondary N) is 2. The third kappa shape index (κ3) is 3.10. The molecule has 0 heterocycles. The normalized spacial score (nSPS) is 9.94. The molecule has 1 rings (SSSR count). The second-order valence-corrected chi connectivity index (χ2v) is 3.92. The largest absolute Gasteiger partial charge is 0.380 e. The maximum Gasteiger partial charge on any atom is 0.340 e. The van der Waals surface area contributed by atoms with E-state index in [1.807, 2.05) is 6.92 Å². The molecule has 1 amide bonds. The highest BCUT2D eigenvalue weighted by atomic mass is 35.5. The summed E-state index contributed by atoms with van der Waals surface area (Å²) in [5, 5.41) is 14.7. The molecule has 7 heteroatoms. The van der Waals surface area contributed by atoms with Gasteiger partial charge in [-0.05, 0) is 19.9 Å². The van der Waals surface area contributed by atoms with Crippen molar-refractivity contribution in [2.75, 3.05) is 18.4 Å². The van der Waals surface area contributed by atoms with E-state index in [0.29, 0.717) is 18.8 Å². The lowest BCUT2D eigenvalue weighted by Crippen LogP contribution is -2.23. The average Bonchev–Trinajstić information content (AvgIpc) is 2.29. The van der Waals surface area contributed by atoms with Gasteiger partial charge in [0.05, 0.1) is 15.5 Å². The lowest BCUT2D eigenvalue weighted by atomic mass is 10.1. The van der Waals surface area contributed by atoms with E-state index in [9.17, 15) is 9.70 Å². The summed E-state index contributed by atoms with van der Waals surface area (Å²) in [6.45, 7) is 4.60. The molecule has 1 aromatic carbocycles. The maximum atomic E-state index is 11.7. The van der Waals surface area contributed by atoms with Gasteiger partial charge in [0, 0.05) is 19.2 Å². The second kappa shape index (κ2) is 6.20. The van der Waals surface area contributed by atoms with Crippen molar-refractivity contribution in [2.24, 2.45) is 0 Å². The minimum atomic E-state index is -0.395. The molecule has 0 atom stereocenters. The van der Waals surface area contributed by atoms with E-state index in [1.54, 1.807) is 6.92 Å². The zero-order valence-electron chi connectivity index (χ0n) is 10.2. The first-order valence-corrected chi connectivity index (χ1v) is 5.90. The van der Waals surface area contributed by atoms with Crippen LogP contribution in [0.15, 0.2) is 12.1 Å². The van der Waals surface area contributed by atoms with Crippen LogP contribution in [0.5, 0.6) is 0 Å². The van der Waals surface area contributed by atoms with Gasteiger partial charge in [0.25, 0.3) is 10.8 Å². The molecule has 0 saturated heterocycles. The number of hydrogen-bond donors (Lipinski definition) is 3. The lowest BCUT2D eigenvalue weighted by molar-refractivity contribution is -0.729. The first kappa shape index (κ1) is 14.2. The molecule has 0 aliphatic carbocycles. The number of amides is 1. The Balaban J connectivity index is 3.26. The Morgan fingerprint density at radius 3 is 2.56 bits per heavy atom. The Hall–Kier alpha value is -1.82. The number of carbonyl (C=O) groups is 1. The standard InChI is InChI=1S/C11H14ClN3O3/c1-3-13-9-6-8(12)7(11(16)14-4-2)5-10(9)15(17)18/h5-6H,3-4H2,1-2H3,(H2-,13,14,16,17,18)/p+1. The molecule has 0 spiro atoms. The van der Waals surface area contributed by atoms with Crippen molar-refractivity contribution in [3.8, 4) is 0 Å². The highest BCUT2D eigenvalue weighted by Crippen LogP contribution is 2.30. The van der Waals surface area contributed by atoms with Crippen LogP contribution in [-0.4, -0.2) is 29.1 Å². The first-order chi connectivity index (χ1) is 8.51. The van der Waals surface area contributed by atoms with Gasteiger partial charge in [-0.25, -0.2) is 5.21 Å². The lowest BCUT2D eigenvalue weighted by Gasteiger charge is -2.07. The first-order valence-electron chi connectivity index (χ1n) is 5.53. The number of benzene rings is 1. The van der Waals surface area contributed by atoms with E-state index in [1.165, 1.54) is 12.1 Å². The van der Waals surface area contributed by atoms with Crippen LogP contribution in [0, 0.1) is 4.91 Å². The summed E-state index contributed by atoms with van der Waals surface area (Å²) >= 11 is 5.97. The van der Waals surface area contributed by atoms with Crippen LogP contribution in [0.4, 0.5) is 11.4 Å². The Morgan fingerprint density at radius 1 is 1.39 bits per heavy atom. The molecule has 0 bridgehead atoms. The SMILES string of the molecule is CCNC(=O)c1cc([N+](=O)O)c(NCC)cc1Cl. The van der Waals surface area contributed by atoms with Crippen molar-refractivity contribution in [1.29, 1.82) is 0 Å². The van der Waals surface area contributed by atoms with Gasteiger partial charge >= 0.3 is 5.69 Å². The van der Waals surface area contributed by atoms with E-state index in [4.69, 9.17) is 16.8 Å². The molecule has 0 radical (unpaired) electrons. The molecule has 18 heavy (non-hydrogen) atoms. The fourth-order valence-electron chi connectivity index (χ4n) is 1.48. The predicted molar refractivity (Wildman–Crippen MR) is 68.7 cm³/mol. The van der Waals surface area contributed by atoms with Crippen molar-refractivity contribution < 1.29 is 14.9 Å². The highest BCUT2D eigenvalue weighted by molar-refractivity contribution is 6.34. The van der Waals surface area contributed by atoms with Crippen LogP contribution in [0.1, 0.15) is 24.2 Å².